The Morgan fingerprint density at radius 2 is 2.11 bits per heavy atom. The van der Waals surface area contributed by atoms with E-state index in [9.17, 15) is 9.59 Å². The van der Waals surface area contributed by atoms with Gasteiger partial charge in [0.05, 0.1) is 18.3 Å². The number of hydrogen-bond donors (Lipinski definition) is 3. The number of amides is 1. The Morgan fingerprint density at radius 3 is 2.71 bits per heavy atom. The zero-order valence-corrected chi connectivity index (χ0v) is 20.0. The molecule has 28 heavy (non-hydrogen) atoms. The van der Waals surface area contributed by atoms with Gasteiger partial charge in [-0.15, -0.1) is 35.3 Å². The molecule has 158 valence electrons. The highest BCUT2D eigenvalue weighted by Crippen LogP contribution is 2.24. The number of ether oxygens (including phenoxy) is 1. The number of aromatic nitrogens is 1. The van der Waals surface area contributed by atoms with Gasteiger partial charge in [-0.2, -0.15) is 0 Å². The summed E-state index contributed by atoms with van der Waals surface area (Å²) in [5.74, 6) is 0.411. The molecule has 1 amide bonds. The molecule has 1 aromatic rings. The molecule has 1 saturated carbocycles. The molecule has 0 spiro atoms. The number of guanidine groups is 1. The first kappa shape index (κ1) is 24.6. The Hall–Kier alpha value is -1.43. The Kier molecular flexibility index (Phi) is 10.7. The van der Waals surface area contributed by atoms with Crippen molar-refractivity contribution in [3.05, 3.63) is 15.6 Å². The van der Waals surface area contributed by atoms with Gasteiger partial charge in [-0.3, -0.25) is 9.79 Å². The number of rotatable bonds is 9. The van der Waals surface area contributed by atoms with Gasteiger partial charge in [-0.05, 0) is 40.0 Å². The molecule has 1 fully saturated rings. The summed E-state index contributed by atoms with van der Waals surface area (Å²) in [7, 11) is 1.69. The Labute approximate surface area is 187 Å². The maximum Gasteiger partial charge on any atom is 0.350 e. The number of carbonyl (C=O) groups is 2. The zero-order valence-electron chi connectivity index (χ0n) is 16.8. The van der Waals surface area contributed by atoms with Gasteiger partial charge in [0.1, 0.15) is 9.88 Å². The molecule has 0 bridgehead atoms. The molecule has 1 heterocycles. The first-order chi connectivity index (χ1) is 12.9. The summed E-state index contributed by atoms with van der Waals surface area (Å²) >= 11 is 1.33. The van der Waals surface area contributed by atoms with Crippen LogP contribution >= 0.6 is 35.3 Å². The van der Waals surface area contributed by atoms with Crippen molar-refractivity contribution in [3.63, 3.8) is 0 Å². The van der Waals surface area contributed by atoms with E-state index in [2.05, 4.69) is 25.9 Å². The minimum atomic E-state index is -0.335. The van der Waals surface area contributed by atoms with E-state index in [1.807, 2.05) is 6.92 Å². The number of aryl methyl sites for hydroxylation is 1. The fourth-order valence-electron chi connectivity index (χ4n) is 2.43. The summed E-state index contributed by atoms with van der Waals surface area (Å²) in [5, 5.41) is 10.2. The first-order valence-corrected chi connectivity index (χ1v) is 10.2. The number of nitrogens with zero attached hydrogens (tertiary/aromatic N) is 2. The second-order valence-electron chi connectivity index (χ2n) is 6.50. The van der Waals surface area contributed by atoms with Crippen molar-refractivity contribution in [1.29, 1.82) is 0 Å². The molecule has 0 aliphatic heterocycles. The number of esters is 1. The Morgan fingerprint density at radius 1 is 1.39 bits per heavy atom. The maximum atomic E-state index is 11.9. The minimum absolute atomic E-state index is 0. The highest BCUT2D eigenvalue weighted by atomic mass is 127. The van der Waals surface area contributed by atoms with Gasteiger partial charge in [-0.25, -0.2) is 9.78 Å². The summed E-state index contributed by atoms with van der Waals surface area (Å²) in [5.41, 5.74) is 0.673. The van der Waals surface area contributed by atoms with Crippen molar-refractivity contribution in [2.24, 2.45) is 4.99 Å². The number of aliphatic imine (C=N–C) groups is 1. The van der Waals surface area contributed by atoms with Crippen LogP contribution < -0.4 is 16.0 Å². The van der Waals surface area contributed by atoms with Crippen LogP contribution in [0.5, 0.6) is 0 Å². The summed E-state index contributed by atoms with van der Waals surface area (Å²) in [6.07, 6.45) is 3.45. The summed E-state index contributed by atoms with van der Waals surface area (Å²) in [6, 6.07) is 0.295. The molecule has 0 aromatic carbocycles. The molecule has 1 aliphatic carbocycles. The molecule has 1 atom stereocenters. The molecule has 10 heteroatoms. The highest BCUT2D eigenvalue weighted by Gasteiger charge is 2.23. The quantitative estimate of drug-likeness (QED) is 0.151. The molecule has 8 nitrogen and oxygen atoms in total. The van der Waals surface area contributed by atoms with E-state index < -0.39 is 0 Å². The molecule has 0 radical (unpaired) electrons. The highest BCUT2D eigenvalue weighted by molar-refractivity contribution is 14.0. The Balaban J connectivity index is 0.00000392. The number of thiazole rings is 1. The largest absolute Gasteiger partial charge is 0.462 e. The van der Waals surface area contributed by atoms with Crippen LogP contribution in [0.2, 0.25) is 0 Å². The van der Waals surface area contributed by atoms with E-state index in [1.54, 1.807) is 20.9 Å². The van der Waals surface area contributed by atoms with Crippen molar-refractivity contribution in [2.75, 3.05) is 20.2 Å². The summed E-state index contributed by atoms with van der Waals surface area (Å²) in [6.45, 7) is 6.54. The smallest absolute Gasteiger partial charge is 0.350 e. The fourth-order valence-corrected chi connectivity index (χ4v) is 3.40. The third kappa shape index (κ3) is 7.90. The fraction of sp³-hybridized carbons (Fsp3) is 0.667. The minimum Gasteiger partial charge on any atom is -0.462 e. The lowest BCUT2D eigenvalue weighted by Crippen LogP contribution is -2.39. The van der Waals surface area contributed by atoms with Crippen molar-refractivity contribution >= 4 is 53.1 Å². The molecule has 1 unspecified atom stereocenters. The monoisotopic (exact) mass is 523 g/mol. The van der Waals surface area contributed by atoms with Crippen LogP contribution in [0, 0.1) is 6.92 Å². The molecule has 0 saturated heterocycles. The second-order valence-corrected chi connectivity index (χ2v) is 7.53. The average molecular weight is 523 g/mol. The number of nitrogens with one attached hydrogen (secondary N) is 3. The van der Waals surface area contributed by atoms with Gasteiger partial charge < -0.3 is 20.7 Å². The lowest BCUT2D eigenvalue weighted by Gasteiger charge is -2.16. The van der Waals surface area contributed by atoms with Gasteiger partial charge in [0.15, 0.2) is 5.96 Å². The van der Waals surface area contributed by atoms with Gasteiger partial charge in [0.25, 0.3) is 0 Å². The van der Waals surface area contributed by atoms with Crippen LogP contribution in [0.15, 0.2) is 4.99 Å². The van der Waals surface area contributed by atoms with Crippen molar-refractivity contribution in [3.8, 4) is 0 Å². The van der Waals surface area contributed by atoms with Crippen LogP contribution in [-0.4, -0.2) is 49.1 Å². The van der Waals surface area contributed by atoms with Crippen LogP contribution in [0.25, 0.3) is 0 Å². The SMILES string of the molecule is CCOC(=O)c1sc(C(C)NC(=NC)NCCCC(=O)NC2CC2)nc1C.I. The van der Waals surface area contributed by atoms with Crippen LogP contribution in [0.4, 0.5) is 0 Å². The number of carbonyl (C=O) groups excluding carboxylic acids is 2. The van der Waals surface area contributed by atoms with Gasteiger partial charge >= 0.3 is 5.97 Å². The van der Waals surface area contributed by atoms with Gasteiger partial charge in [0.2, 0.25) is 5.91 Å². The molecule has 1 aromatic heterocycles. The second kappa shape index (κ2) is 12.2. The Bertz CT molecular complexity index is 691. The van der Waals surface area contributed by atoms with Crippen LogP contribution in [0.1, 0.15) is 65.9 Å². The number of hydrogen-bond acceptors (Lipinski definition) is 6. The van der Waals surface area contributed by atoms with Crippen LogP contribution in [-0.2, 0) is 9.53 Å². The molecular weight excluding hydrogens is 493 g/mol. The average Bonchev–Trinajstić information content (AvgIpc) is 3.35. The third-order valence-electron chi connectivity index (χ3n) is 4.04. The summed E-state index contributed by atoms with van der Waals surface area (Å²) in [4.78, 5) is 32.8. The lowest BCUT2D eigenvalue weighted by atomic mass is 10.3. The van der Waals surface area contributed by atoms with Gasteiger partial charge in [-0.1, -0.05) is 0 Å². The molecule has 1 aliphatic rings. The van der Waals surface area contributed by atoms with E-state index in [1.165, 1.54) is 11.3 Å². The van der Waals surface area contributed by atoms with Crippen molar-refractivity contribution in [1.82, 2.24) is 20.9 Å². The van der Waals surface area contributed by atoms with E-state index in [0.29, 0.717) is 42.1 Å². The van der Waals surface area contributed by atoms with Crippen molar-refractivity contribution < 1.29 is 14.3 Å². The lowest BCUT2D eigenvalue weighted by molar-refractivity contribution is -0.121. The third-order valence-corrected chi connectivity index (χ3v) is 5.36. The van der Waals surface area contributed by atoms with E-state index in [0.717, 1.165) is 24.3 Å². The van der Waals surface area contributed by atoms with Crippen molar-refractivity contribution in [2.45, 2.75) is 58.5 Å². The predicted molar refractivity (Wildman–Crippen MR) is 122 cm³/mol. The molecule has 2 rings (SSSR count). The first-order valence-electron chi connectivity index (χ1n) is 9.35. The van der Waals surface area contributed by atoms with E-state index >= 15 is 0 Å². The predicted octanol–water partition coefficient (Wildman–Crippen LogP) is 2.53. The van der Waals surface area contributed by atoms with Gasteiger partial charge in [0, 0.05) is 26.1 Å². The standard InChI is InChI=1S/C18H29N5O3S.HI/c1-5-26-17(25)15-11(2)21-16(27-15)12(3)22-18(19-4)20-10-6-7-14(24)23-13-8-9-13;/h12-13H,5-10H2,1-4H3,(H,23,24)(H2,19,20,22);1H. The topological polar surface area (TPSA) is 105 Å². The van der Waals surface area contributed by atoms with Crippen LogP contribution in [0.3, 0.4) is 0 Å². The van der Waals surface area contributed by atoms with E-state index in [-0.39, 0.29) is 41.9 Å². The molecular formula is C18H30IN5O3S. The van der Waals surface area contributed by atoms with E-state index in [4.69, 9.17) is 4.74 Å². The summed E-state index contributed by atoms with van der Waals surface area (Å²) < 4.78 is 5.06. The number of halogens is 1. The zero-order chi connectivity index (χ0) is 19.8. The maximum absolute atomic E-state index is 11.9. The molecule has 3 N–H and O–H groups in total. The normalized spacial score (nSPS) is 14.6.